The minimum absolute atomic E-state index is 0. The number of epoxide rings is 2. The molecule has 2 fully saturated rings. The number of carbonyl (C=O) groups is 4. The van der Waals surface area contributed by atoms with Crippen LogP contribution in [0.2, 0.25) is 0 Å². The summed E-state index contributed by atoms with van der Waals surface area (Å²) in [5.41, 5.74) is -0.0259. The van der Waals surface area contributed by atoms with Crippen LogP contribution < -0.4 is 20.4 Å². The minimum Gasteiger partial charge on any atom is -0.871 e. The number of hydrogen-bond acceptors (Lipinski definition) is 21. The summed E-state index contributed by atoms with van der Waals surface area (Å²) in [6, 6.07) is 8.52. The summed E-state index contributed by atoms with van der Waals surface area (Å²) < 4.78 is 7.50. The van der Waals surface area contributed by atoms with Crippen LogP contribution in [0.4, 0.5) is 0 Å². The monoisotopic (exact) mass is 1110 g/mol. The molecule has 4 heterocycles. The Morgan fingerprint density at radius 2 is 0.639 bits per heavy atom. The van der Waals surface area contributed by atoms with Crippen molar-refractivity contribution in [2.75, 3.05) is 40.6 Å². The number of carbonyl (C=O) groups excluding carboxylic acids is 4. The number of ether oxygens (including phenoxy) is 2. The van der Waals surface area contributed by atoms with E-state index in [0.29, 0.717) is 0 Å². The van der Waals surface area contributed by atoms with E-state index < -0.39 is 61.4 Å². The van der Waals surface area contributed by atoms with Gasteiger partial charge in [-0.15, -0.1) is 0 Å². The number of rotatable bonds is 8. The van der Waals surface area contributed by atoms with Gasteiger partial charge in [0, 0.05) is 68.9 Å². The van der Waals surface area contributed by atoms with Crippen molar-refractivity contribution in [1.82, 2.24) is 9.97 Å². The SMILES string of the molecule is C1C[OH+]1.C1C[OH+]1.CC(=O)/C=C(\[O-])c1cccc(/C([O-])=C/C(C)=O)n1.CC(=O)/C=C(\[O-])c1cccc(/C([O-])=C/C(C)=O)n1.CO.CO.O=[N+]([O-])[O-].O=[N+]([O-])[O-].O=[N+]([O-])[O-].[Dy].[Ni+2].[Ni]. The zero-order valence-corrected chi connectivity index (χ0v) is 36.5. The van der Waals surface area contributed by atoms with Crippen LogP contribution in [0.5, 0.6) is 0 Å². The van der Waals surface area contributed by atoms with Crippen LogP contribution in [0, 0.1) is 84.1 Å². The first-order chi connectivity index (χ1) is 27.0. The minimum atomic E-state index is -1.75. The molecule has 0 amide bonds. The van der Waals surface area contributed by atoms with E-state index in [1.165, 1.54) is 64.1 Å². The molecule has 2 saturated heterocycles. The van der Waals surface area contributed by atoms with Crippen molar-refractivity contribution < 1.29 is 146 Å². The molecule has 352 valence electrons. The summed E-state index contributed by atoms with van der Waals surface area (Å²) in [7, 11) is 2.00. The van der Waals surface area contributed by atoms with Crippen LogP contribution >= 0.6 is 0 Å². The van der Waals surface area contributed by atoms with Gasteiger partial charge in [0.05, 0.1) is 38.0 Å². The standard InChI is InChI=1S/2C13H13NO4.2C2H4O.2CH4O.Dy.3NO3.2Ni/c2*1-8(15)6-12(17)10-4-3-5-11(14-10)13(18)7-9(2)16;2*1-2-3-1;2*1-2;;3*2-1(3)4;;/h2*3-7,17-18H,1-2H3;2*1-2H2;2*2H,1H3;;;;;;/q;;;;;;;3*-1;;+2/p-2/b2*12-6-,13-7-;;;;;;;;;;. The number of pyridine rings is 2. The Kier molecular flexibility index (Phi) is 57.2. The van der Waals surface area contributed by atoms with Crippen LogP contribution in [0.15, 0.2) is 60.7 Å². The second-order valence-corrected chi connectivity index (χ2v) is 9.31. The van der Waals surface area contributed by atoms with Crippen LogP contribution in [0.3, 0.4) is 0 Å². The number of aliphatic hydroxyl groups excluding tert-OH is 2. The predicted molar refractivity (Wildman–Crippen MR) is 194 cm³/mol. The van der Waals surface area contributed by atoms with Crippen molar-refractivity contribution in [2.24, 2.45) is 0 Å². The largest absolute Gasteiger partial charge is 2.00 e. The van der Waals surface area contributed by atoms with Gasteiger partial charge in [0.1, 0.15) is 0 Å². The van der Waals surface area contributed by atoms with E-state index >= 15 is 0 Å². The molecule has 29 heteroatoms. The van der Waals surface area contributed by atoms with Crippen molar-refractivity contribution >= 4 is 46.2 Å². The number of aromatic nitrogens is 2. The first-order valence-electron chi connectivity index (χ1n) is 15.1. The molecule has 2 aromatic rings. The zero-order chi connectivity index (χ0) is 46.4. The molecule has 0 spiro atoms. The fourth-order valence-corrected chi connectivity index (χ4v) is 2.45. The molecule has 0 saturated carbocycles. The molecule has 0 bridgehead atoms. The third-order valence-corrected chi connectivity index (χ3v) is 4.29. The average Bonchev–Trinajstić information content (AvgIpc) is 4.00. The van der Waals surface area contributed by atoms with Gasteiger partial charge in [-0.3, -0.25) is 29.1 Å². The molecule has 61 heavy (non-hydrogen) atoms. The average molecular weight is 1110 g/mol. The van der Waals surface area contributed by atoms with E-state index in [1.807, 2.05) is 0 Å². The maximum absolute atomic E-state index is 11.5. The number of aliphatic hydroxyl groups is 6. The van der Waals surface area contributed by atoms with Crippen molar-refractivity contribution in [3.05, 3.63) is 129 Å². The van der Waals surface area contributed by atoms with Gasteiger partial charge in [-0.05, 0) is 76.3 Å². The molecule has 2 aliphatic heterocycles. The van der Waals surface area contributed by atoms with Gasteiger partial charge in [-0.1, -0.05) is 35.2 Å². The van der Waals surface area contributed by atoms with Gasteiger partial charge in [0.15, 0.2) is 23.1 Å². The van der Waals surface area contributed by atoms with E-state index in [9.17, 15) is 39.6 Å². The molecule has 0 unspecified atom stereocenters. The maximum Gasteiger partial charge on any atom is 2.00 e. The van der Waals surface area contributed by atoms with Crippen LogP contribution in [0.1, 0.15) is 50.5 Å². The summed E-state index contributed by atoms with van der Waals surface area (Å²) in [6.07, 6.45) is 3.58. The fraction of sp³-hybridized carbons (Fsp3) is 0.312. The van der Waals surface area contributed by atoms with E-state index in [1.54, 1.807) is 0 Å². The maximum atomic E-state index is 11.5. The molecule has 26 nitrogen and oxygen atoms in total. The number of allylic oxidation sites excluding steroid dienone is 4. The summed E-state index contributed by atoms with van der Waals surface area (Å²) >= 11 is 0. The first-order valence-corrected chi connectivity index (χ1v) is 15.1. The van der Waals surface area contributed by atoms with Gasteiger partial charge in [-0.2, -0.15) is 0 Å². The quantitative estimate of drug-likeness (QED) is 0.0502. The smallest absolute Gasteiger partial charge is 0.871 e. The number of hydrogen-bond donors (Lipinski definition) is 2. The van der Waals surface area contributed by atoms with Gasteiger partial charge in [-0.25, -0.2) is 0 Å². The Bertz CT molecular complexity index is 1480. The zero-order valence-electron chi connectivity index (χ0n) is 32.5. The molecular weight excluding hydrogens is 1070 g/mol. The molecule has 0 aliphatic carbocycles. The number of nitrogens with zero attached hydrogens (tertiary/aromatic N) is 5. The van der Waals surface area contributed by atoms with Gasteiger partial charge >= 0.3 is 16.5 Å². The van der Waals surface area contributed by atoms with E-state index in [4.69, 9.17) is 56.2 Å². The molecule has 2 aliphatic rings. The van der Waals surface area contributed by atoms with Gasteiger partial charge < -0.3 is 86.1 Å². The molecule has 4 N–H and O–H groups in total. The summed E-state index contributed by atoms with van der Waals surface area (Å²) in [5.74, 6) is -3.86. The van der Waals surface area contributed by atoms with E-state index in [-0.39, 0.29) is 93.9 Å². The molecule has 2 aromatic heterocycles. The third kappa shape index (κ3) is 64.2. The van der Waals surface area contributed by atoms with Crippen molar-refractivity contribution in [1.29, 1.82) is 0 Å². The Hall–Kier alpha value is -5.16. The molecule has 0 aromatic carbocycles. The number of ketones is 4. The van der Waals surface area contributed by atoms with Crippen LogP contribution in [0.25, 0.3) is 23.0 Å². The van der Waals surface area contributed by atoms with Crippen molar-refractivity contribution in [2.45, 2.75) is 27.7 Å². The fourth-order valence-electron chi connectivity index (χ4n) is 2.45. The van der Waals surface area contributed by atoms with Crippen LogP contribution in [-0.2, 0) is 52.2 Å². The van der Waals surface area contributed by atoms with Gasteiger partial charge in [0.2, 0.25) is 26.4 Å². The second-order valence-electron chi connectivity index (χ2n) is 9.31. The molecule has 0 atom stereocenters. The molecule has 0 radical (unpaired) electrons. The molecular formula is C32H40DyN5Ni2O21-3. The van der Waals surface area contributed by atoms with Crippen molar-refractivity contribution in [3.8, 4) is 0 Å². The predicted octanol–water partition coefficient (Wildman–Crippen LogP) is -3.13. The normalized spacial score (nSPS) is 11.0. The van der Waals surface area contributed by atoms with E-state index in [0.717, 1.165) is 65.0 Å². The van der Waals surface area contributed by atoms with Crippen LogP contribution in [-0.4, -0.2) is 109 Å². The van der Waals surface area contributed by atoms with Gasteiger partial charge in [0.25, 0.3) is 0 Å². The van der Waals surface area contributed by atoms with E-state index in [2.05, 4.69) is 19.4 Å². The van der Waals surface area contributed by atoms with Crippen molar-refractivity contribution in [3.63, 3.8) is 0 Å². The Balaban J connectivity index is -0.000000100. The Labute approximate surface area is 397 Å². The molecule has 4 rings (SSSR count). The Morgan fingerprint density at radius 1 is 0.508 bits per heavy atom. The summed E-state index contributed by atoms with van der Waals surface area (Å²) in [6.45, 7) is 9.49. The second kappa shape index (κ2) is 47.5. The summed E-state index contributed by atoms with van der Waals surface area (Å²) in [5, 5.41) is 104. The third-order valence-electron chi connectivity index (χ3n) is 4.29. The first kappa shape index (κ1) is 73.4. The topological polar surface area (TPSA) is 451 Å². The summed E-state index contributed by atoms with van der Waals surface area (Å²) in [4.78, 5) is 75.5. The Morgan fingerprint density at radius 3 is 0.738 bits per heavy atom.